The van der Waals surface area contributed by atoms with E-state index in [0.29, 0.717) is 10.0 Å². The maximum Gasteiger partial charge on any atom is 0.306 e. The van der Waals surface area contributed by atoms with Crippen LogP contribution in [0.25, 0.3) is 17.0 Å². The molecule has 0 amide bonds. The smallest absolute Gasteiger partial charge is 0.306 e. The van der Waals surface area contributed by atoms with Gasteiger partial charge < -0.3 is 4.74 Å². The molecule has 116 valence electrons. The number of fused-ring (bicyclic) bond motifs is 1. The largest absolute Gasteiger partial charge is 0.484 e. The van der Waals surface area contributed by atoms with Crippen LogP contribution in [0.1, 0.15) is 5.56 Å². The summed E-state index contributed by atoms with van der Waals surface area (Å²) in [6.07, 6.45) is -0.281. The molecule has 0 aliphatic rings. The Morgan fingerprint density at radius 3 is 2.82 bits per heavy atom. The number of hydrogen-bond donors (Lipinski definition) is 0. The van der Waals surface area contributed by atoms with Crippen molar-refractivity contribution in [1.82, 2.24) is 4.98 Å². The van der Waals surface area contributed by atoms with Gasteiger partial charge in [-0.05, 0) is 27.6 Å². The van der Waals surface area contributed by atoms with Crippen molar-refractivity contribution in [2.24, 2.45) is 0 Å². The predicted molar refractivity (Wildman–Crippen MR) is 82.7 cm³/mol. The zero-order valence-electron chi connectivity index (χ0n) is 10.9. The molecule has 0 aliphatic carbocycles. The second-order valence-corrected chi connectivity index (χ2v) is 5.30. The number of alkyl halides is 2. The number of benzene rings is 1. The molecule has 0 radical (unpaired) electrons. The lowest BCUT2D eigenvalue weighted by atomic mass is 10.1. The van der Waals surface area contributed by atoms with Crippen molar-refractivity contribution in [2.75, 3.05) is 6.61 Å². The number of ether oxygens (including phenoxy) is 1. The third-order valence-corrected chi connectivity index (χ3v) is 3.99. The van der Waals surface area contributed by atoms with Gasteiger partial charge in [0.25, 0.3) is 6.43 Å². The van der Waals surface area contributed by atoms with Crippen molar-refractivity contribution in [2.45, 2.75) is 6.43 Å². The average molecular weight is 394 g/mol. The Hall–Kier alpha value is -1.80. The first-order chi connectivity index (χ1) is 10.4. The molecule has 0 saturated carbocycles. The van der Waals surface area contributed by atoms with Gasteiger partial charge in [0.1, 0.15) is 23.3 Å². The molecular weight excluding hydrogens is 386 g/mol. The molecule has 0 aliphatic heterocycles. The minimum Gasteiger partial charge on any atom is -0.484 e. The normalized spacial score (nSPS) is 11.0. The SMILES string of the molecule is C=Cc1cc2c(Cl)c([N+](=O)[O-])cnc2c(OCC(F)F)c1Br. The number of aromatic nitrogens is 1. The van der Waals surface area contributed by atoms with Crippen LogP contribution in [0.4, 0.5) is 14.5 Å². The van der Waals surface area contributed by atoms with E-state index in [1.54, 1.807) is 0 Å². The number of hydrogen-bond acceptors (Lipinski definition) is 4. The lowest BCUT2D eigenvalue weighted by Crippen LogP contribution is -2.08. The van der Waals surface area contributed by atoms with E-state index in [2.05, 4.69) is 27.5 Å². The molecule has 0 fully saturated rings. The molecule has 2 aromatic rings. The van der Waals surface area contributed by atoms with Gasteiger partial charge in [-0.3, -0.25) is 10.1 Å². The molecule has 0 bridgehead atoms. The monoisotopic (exact) mass is 392 g/mol. The fourth-order valence-electron chi connectivity index (χ4n) is 1.81. The molecule has 2 rings (SSSR count). The average Bonchev–Trinajstić information content (AvgIpc) is 2.45. The molecule has 22 heavy (non-hydrogen) atoms. The maximum atomic E-state index is 12.4. The highest BCUT2D eigenvalue weighted by Crippen LogP contribution is 2.41. The van der Waals surface area contributed by atoms with Crippen LogP contribution in [0.2, 0.25) is 5.02 Å². The predicted octanol–water partition coefficient (Wildman–Crippen LogP) is 4.85. The Morgan fingerprint density at radius 1 is 1.59 bits per heavy atom. The Morgan fingerprint density at radius 2 is 2.27 bits per heavy atom. The van der Waals surface area contributed by atoms with E-state index in [1.165, 1.54) is 12.1 Å². The summed E-state index contributed by atoms with van der Waals surface area (Å²) in [5.74, 6) is 0.0319. The first-order valence-electron chi connectivity index (χ1n) is 5.85. The highest BCUT2D eigenvalue weighted by atomic mass is 79.9. The summed E-state index contributed by atoms with van der Waals surface area (Å²) >= 11 is 9.24. The van der Waals surface area contributed by atoms with E-state index in [9.17, 15) is 18.9 Å². The number of halogens is 4. The topological polar surface area (TPSA) is 65.3 Å². The van der Waals surface area contributed by atoms with Gasteiger partial charge in [-0.2, -0.15) is 0 Å². The lowest BCUT2D eigenvalue weighted by Gasteiger charge is -2.13. The van der Waals surface area contributed by atoms with Crippen molar-refractivity contribution in [3.05, 3.63) is 44.0 Å². The zero-order valence-corrected chi connectivity index (χ0v) is 13.2. The van der Waals surface area contributed by atoms with Gasteiger partial charge in [-0.1, -0.05) is 24.3 Å². The molecule has 9 heteroatoms. The van der Waals surface area contributed by atoms with Crippen LogP contribution in [0.5, 0.6) is 5.75 Å². The fraction of sp³-hybridized carbons (Fsp3) is 0.154. The summed E-state index contributed by atoms with van der Waals surface area (Å²) in [5.41, 5.74) is 0.251. The zero-order chi connectivity index (χ0) is 16.4. The molecule has 5 nitrogen and oxygen atoms in total. The van der Waals surface area contributed by atoms with E-state index < -0.39 is 18.0 Å². The van der Waals surface area contributed by atoms with E-state index in [-0.39, 0.29) is 27.4 Å². The van der Waals surface area contributed by atoms with Crippen molar-refractivity contribution in [3.8, 4) is 5.75 Å². The van der Waals surface area contributed by atoms with Crippen LogP contribution >= 0.6 is 27.5 Å². The summed E-state index contributed by atoms with van der Waals surface area (Å²) < 4.78 is 30.2. The first-order valence-corrected chi connectivity index (χ1v) is 7.02. The highest BCUT2D eigenvalue weighted by Gasteiger charge is 2.22. The van der Waals surface area contributed by atoms with Crippen LogP contribution in [0, 0.1) is 10.1 Å². The van der Waals surface area contributed by atoms with Gasteiger partial charge >= 0.3 is 5.69 Å². The second kappa shape index (κ2) is 6.53. The van der Waals surface area contributed by atoms with Crippen LogP contribution in [0.3, 0.4) is 0 Å². The summed E-state index contributed by atoms with van der Waals surface area (Å²) in [5, 5.41) is 11.0. The Balaban J connectivity index is 2.76. The summed E-state index contributed by atoms with van der Waals surface area (Å²) in [6, 6.07) is 1.52. The van der Waals surface area contributed by atoms with Crippen LogP contribution in [-0.4, -0.2) is 22.9 Å². The number of nitrogens with zero attached hydrogens (tertiary/aromatic N) is 2. The minimum absolute atomic E-state index is 0.0319. The standard InChI is InChI=1S/C13H8BrClF2N2O3/c1-2-6-3-7-11(15)8(19(20)21)4-18-12(7)13(10(6)14)22-5-9(16)17/h2-4,9H,1,5H2. The second-order valence-electron chi connectivity index (χ2n) is 4.13. The van der Waals surface area contributed by atoms with E-state index in [0.717, 1.165) is 6.20 Å². The quantitative estimate of drug-likeness (QED) is 0.538. The van der Waals surface area contributed by atoms with Crippen molar-refractivity contribution < 1.29 is 18.4 Å². The van der Waals surface area contributed by atoms with Gasteiger partial charge in [0.05, 0.1) is 9.40 Å². The van der Waals surface area contributed by atoms with Crippen molar-refractivity contribution in [1.29, 1.82) is 0 Å². The van der Waals surface area contributed by atoms with Crippen molar-refractivity contribution >= 4 is 50.2 Å². The van der Waals surface area contributed by atoms with Gasteiger partial charge in [0.2, 0.25) is 0 Å². The fourth-order valence-corrected chi connectivity index (χ4v) is 2.65. The molecule has 0 saturated heterocycles. The Labute approximate surface area is 136 Å². The van der Waals surface area contributed by atoms with E-state index in [4.69, 9.17) is 16.3 Å². The minimum atomic E-state index is -2.68. The molecule has 1 heterocycles. The van der Waals surface area contributed by atoms with Crippen molar-refractivity contribution in [3.63, 3.8) is 0 Å². The Bertz CT molecular complexity index is 771. The molecule has 1 aromatic carbocycles. The number of rotatable bonds is 5. The van der Waals surface area contributed by atoms with Crippen LogP contribution in [0.15, 0.2) is 23.3 Å². The maximum absolute atomic E-state index is 12.4. The van der Waals surface area contributed by atoms with Gasteiger partial charge in [0.15, 0.2) is 5.75 Å². The summed E-state index contributed by atoms with van der Waals surface area (Å²) in [6.45, 7) is 2.75. The van der Waals surface area contributed by atoms with Gasteiger partial charge in [-0.15, -0.1) is 0 Å². The number of nitro groups is 1. The molecule has 0 atom stereocenters. The van der Waals surface area contributed by atoms with E-state index in [1.807, 2.05) is 0 Å². The summed E-state index contributed by atoms with van der Waals surface area (Å²) in [7, 11) is 0. The molecule has 0 N–H and O–H groups in total. The molecule has 1 aromatic heterocycles. The van der Waals surface area contributed by atoms with Gasteiger partial charge in [0, 0.05) is 5.39 Å². The van der Waals surface area contributed by atoms with Gasteiger partial charge in [-0.25, -0.2) is 13.8 Å². The third-order valence-electron chi connectivity index (χ3n) is 2.77. The third kappa shape index (κ3) is 3.02. The van der Waals surface area contributed by atoms with Crippen LogP contribution in [-0.2, 0) is 0 Å². The number of pyridine rings is 1. The highest BCUT2D eigenvalue weighted by molar-refractivity contribution is 9.10. The molecular formula is C13H8BrClF2N2O3. The van der Waals surface area contributed by atoms with E-state index >= 15 is 0 Å². The Kier molecular flexibility index (Phi) is 4.92. The summed E-state index contributed by atoms with van der Waals surface area (Å²) in [4.78, 5) is 14.1. The molecule has 0 unspecified atom stereocenters. The lowest BCUT2D eigenvalue weighted by molar-refractivity contribution is -0.384. The molecule has 0 spiro atoms. The van der Waals surface area contributed by atoms with Crippen LogP contribution < -0.4 is 4.74 Å². The first kappa shape index (κ1) is 16.6.